The SMILES string of the molecule is CCC(C(=O)NC(C)C(C)C)N(c1cc(Cl)ccc1C)S(C)(=O)=O. The zero-order valence-electron chi connectivity index (χ0n) is 15.1. The first kappa shape index (κ1) is 20.8. The van der Waals surface area contributed by atoms with Crippen molar-refractivity contribution >= 4 is 33.2 Å². The smallest absolute Gasteiger partial charge is 0.244 e. The molecule has 5 nitrogen and oxygen atoms in total. The first-order valence-electron chi connectivity index (χ1n) is 8.05. The highest BCUT2D eigenvalue weighted by Gasteiger charge is 2.33. The van der Waals surface area contributed by atoms with Crippen molar-refractivity contribution in [1.82, 2.24) is 5.32 Å². The molecule has 2 atom stereocenters. The largest absolute Gasteiger partial charge is 0.352 e. The number of aryl methyl sites for hydroxylation is 1. The van der Waals surface area contributed by atoms with Crippen molar-refractivity contribution in [2.24, 2.45) is 5.92 Å². The van der Waals surface area contributed by atoms with Crippen molar-refractivity contribution in [3.8, 4) is 0 Å². The highest BCUT2D eigenvalue weighted by Crippen LogP contribution is 2.29. The summed E-state index contributed by atoms with van der Waals surface area (Å²) in [6.45, 7) is 9.50. The van der Waals surface area contributed by atoms with Gasteiger partial charge in [0.1, 0.15) is 6.04 Å². The summed E-state index contributed by atoms with van der Waals surface area (Å²) in [7, 11) is -3.66. The van der Waals surface area contributed by atoms with Crippen LogP contribution in [-0.2, 0) is 14.8 Å². The number of nitrogens with one attached hydrogen (secondary N) is 1. The van der Waals surface area contributed by atoms with E-state index in [1.807, 2.05) is 20.8 Å². The maximum absolute atomic E-state index is 12.7. The third kappa shape index (κ3) is 5.11. The van der Waals surface area contributed by atoms with Crippen LogP contribution < -0.4 is 9.62 Å². The Balaban J connectivity index is 3.33. The summed E-state index contributed by atoms with van der Waals surface area (Å²) < 4.78 is 26.0. The molecule has 1 N–H and O–H groups in total. The second-order valence-electron chi connectivity index (χ2n) is 6.45. The highest BCUT2D eigenvalue weighted by atomic mass is 35.5. The van der Waals surface area contributed by atoms with Gasteiger partial charge in [-0.15, -0.1) is 0 Å². The van der Waals surface area contributed by atoms with E-state index in [1.165, 1.54) is 4.31 Å². The van der Waals surface area contributed by atoms with Crippen LogP contribution in [0.2, 0.25) is 5.02 Å². The minimum Gasteiger partial charge on any atom is -0.352 e. The molecular weight excluding hydrogens is 348 g/mol. The van der Waals surface area contributed by atoms with Crippen molar-refractivity contribution in [1.29, 1.82) is 0 Å². The molecule has 0 aliphatic carbocycles. The average molecular weight is 375 g/mol. The molecule has 1 aromatic rings. The van der Waals surface area contributed by atoms with Gasteiger partial charge in [-0.1, -0.05) is 38.4 Å². The molecule has 0 bridgehead atoms. The Morgan fingerprint density at radius 1 is 1.29 bits per heavy atom. The molecule has 136 valence electrons. The predicted octanol–water partition coefficient (Wildman–Crippen LogP) is 3.35. The van der Waals surface area contributed by atoms with Gasteiger partial charge in [0.2, 0.25) is 15.9 Å². The quantitative estimate of drug-likeness (QED) is 0.795. The van der Waals surface area contributed by atoms with Crippen LogP contribution in [0.3, 0.4) is 0 Å². The summed E-state index contributed by atoms with van der Waals surface area (Å²) >= 11 is 6.04. The minimum absolute atomic E-state index is 0.0478. The third-order valence-corrected chi connectivity index (χ3v) is 5.51. The Hall–Kier alpha value is -1.27. The number of hydrogen-bond donors (Lipinski definition) is 1. The number of rotatable bonds is 7. The van der Waals surface area contributed by atoms with E-state index in [0.29, 0.717) is 17.1 Å². The molecule has 1 amide bonds. The Kier molecular flexibility index (Phi) is 7.10. The van der Waals surface area contributed by atoms with Crippen LogP contribution >= 0.6 is 11.6 Å². The fourth-order valence-electron chi connectivity index (χ4n) is 2.34. The lowest BCUT2D eigenvalue weighted by atomic mass is 10.1. The Morgan fingerprint density at radius 2 is 1.88 bits per heavy atom. The second-order valence-corrected chi connectivity index (χ2v) is 8.75. The van der Waals surface area contributed by atoms with E-state index < -0.39 is 16.1 Å². The Morgan fingerprint density at radius 3 is 2.33 bits per heavy atom. The molecule has 0 radical (unpaired) electrons. The van der Waals surface area contributed by atoms with Gasteiger partial charge in [-0.05, 0) is 43.9 Å². The van der Waals surface area contributed by atoms with Crippen LogP contribution in [0.15, 0.2) is 18.2 Å². The molecule has 0 heterocycles. The summed E-state index contributed by atoms with van der Waals surface area (Å²) in [6, 6.07) is 4.16. The summed E-state index contributed by atoms with van der Waals surface area (Å²) in [4.78, 5) is 12.7. The highest BCUT2D eigenvalue weighted by molar-refractivity contribution is 7.92. The number of sulfonamides is 1. The van der Waals surface area contributed by atoms with E-state index in [0.717, 1.165) is 11.8 Å². The number of nitrogens with zero attached hydrogens (tertiary/aromatic N) is 1. The van der Waals surface area contributed by atoms with Crippen molar-refractivity contribution in [2.75, 3.05) is 10.6 Å². The Labute approximate surface area is 150 Å². The number of halogens is 1. The van der Waals surface area contributed by atoms with Gasteiger partial charge < -0.3 is 5.32 Å². The van der Waals surface area contributed by atoms with Crippen LogP contribution in [0.5, 0.6) is 0 Å². The summed E-state index contributed by atoms with van der Waals surface area (Å²) in [5, 5.41) is 3.33. The van der Waals surface area contributed by atoms with Crippen molar-refractivity contribution in [2.45, 2.75) is 53.1 Å². The van der Waals surface area contributed by atoms with Gasteiger partial charge in [-0.3, -0.25) is 9.10 Å². The molecule has 1 aromatic carbocycles. The van der Waals surface area contributed by atoms with Gasteiger partial charge >= 0.3 is 0 Å². The number of amides is 1. The molecule has 0 saturated heterocycles. The number of carbonyl (C=O) groups is 1. The molecule has 0 aliphatic heterocycles. The topological polar surface area (TPSA) is 66.5 Å². The molecule has 24 heavy (non-hydrogen) atoms. The van der Waals surface area contributed by atoms with Gasteiger partial charge in [-0.2, -0.15) is 0 Å². The van der Waals surface area contributed by atoms with Crippen molar-refractivity contribution in [3.63, 3.8) is 0 Å². The summed E-state index contributed by atoms with van der Waals surface area (Å²) in [6.07, 6.45) is 1.46. The average Bonchev–Trinajstić information content (AvgIpc) is 2.45. The van der Waals surface area contributed by atoms with Crippen LogP contribution in [0.4, 0.5) is 5.69 Å². The van der Waals surface area contributed by atoms with E-state index in [9.17, 15) is 13.2 Å². The van der Waals surface area contributed by atoms with Gasteiger partial charge in [0, 0.05) is 11.1 Å². The molecule has 1 rings (SSSR count). The monoisotopic (exact) mass is 374 g/mol. The van der Waals surface area contributed by atoms with Gasteiger partial charge in [0.05, 0.1) is 11.9 Å². The van der Waals surface area contributed by atoms with Crippen molar-refractivity contribution < 1.29 is 13.2 Å². The second kappa shape index (κ2) is 8.21. The first-order valence-corrected chi connectivity index (χ1v) is 10.3. The van der Waals surface area contributed by atoms with E-state index in [1.54, 1.807) is 32.0 Å². The standard InChI is InChI=1S/C17H27ClN2O3S/c1-7-15(17(21)19-13(5)11(2)3)20(24(6,22)23)16-10-14(18)9-8-12(16)4/h8-11,13,15H,7H2,1-6H3,(H,19,21). The molecule has 7 heteroatoms. The molecule has 2 unspecified atom stereocenters. The normalized spacial score (nSPS) is 14.3. The van der Waals surface area contributed by atoms with Gasteiger partial charge in [0.25, 0.3) is 0 Å². The molecule has 0 aromatic heterocycles. The fraction of sp³-hybridized carbons (Fsp3) is 0.588. The Bertz CT molecular complexity index is 689. The maximum atomic E-state index is 12.7. The lowest BCUT2D eigenvalue weighted by Gasteiger charge is -2.32. The number of benzene rings is 1. The molecule has 0 spiro atoms. The van der Waals surface area contributed by atoms with E-state index >= 15 is 0 Å². The third-order valence-electron chi connectivity index (χ3n) is 4.11. The lowest BCUT2D eigenvalue weighted by Crippen LogP contribution is -2.52. The van der Waals surface area contributed by atoms with Gasteiger partial charge in [0.15, 0.2) is 0 Å². The van der Waals surface area contributed by atoms with Crippen LogP contribution in [0.25, 0.3) is 0 Å². The molecular formula is C17H27ClN2O3S. The molecule has 0 aliphatic rings. The molecule has 0 saturated carbocycles. The number of hydrogen-bond acceptors (Lipinski definition) is 3. The summed E-state index contributed by atoms with van der Waals surface area (Å²) in [5.41, 5.74) is 1.18. The van der Waals surface area contributed by atoms with Crippen LogP contribution in [-0.4, -0.2) is 32.7 Å². The van der Waals surface area contributed by atoms with Crippen molar-refractivity contribution in [3.05, 3.63) is 28.8 Å². The maximum Gasteiger partial charge on any atom is 0.244 e. The molecule has 0 fully saturated rings. The van der Waals surface area contributed by atoms with E-state index in [2.05, 4.69) is 5.32 Å². The first-order chi connectivity index (χ1) is 11.0. The van der Waals surface area contributed by atoms with Gasteiger partial charge in [-0.25, -0.2) is 8.42 Å². The zero-order chi connectivity index (χ0) is 18.7. The lowest BCUT2D eigenvalue weighted by molar-refractivity contribution is -0.123. The summed E-state index contributed by atoms with van der Waals surface area (Å²) in [5.74, 6) is -0.0467. The predicted molar refractivity (Wildman–Crippen MR) is 100 cm³/mol. The minimum atomic E-state index is -3.66. The van der Waals surface area contributed by atoms with E-state index in [-0.39, 0.29) is 17.9 Å². The van der Waals surface area contributed by atoms with E-state index in [4.69, 9.17) is 11.6 Å². The fourth-order valence-corrected chi connectivity index (χ4v) is 3.77. The van der Waals surface area contributed by atoms with Crippen LogP contribution in [0.1, 0.15) is 39.7 Å². The van der Waals surface area contributed by atoms with Crippen LogP contribution in [0, 0.1) is 12.8 Å². The number of anilines is 1. The zero-order valence-corrected chi connectivity index (χ0v) is 16.7. The number of carbonyl (C=O) groups excluding carboxylic acids is 1.